The fourth-order valence-corrected chi connectivity index (χ4v) is 3.22. The predicted octanol–water partition coefficient (Wildman–Crippen LogP) is 3.70. The van der Waals surface area contributed by atoms with Crippen molar-refractivity contribution in [1.29, 1.82) is 0 Å². The van der Waals surface area contributed by atoms with Gasteiger partial charge < -0.3 is 18.8 Å². The van der Waals surface area contributed by atoms with Crippen molar-refractivity contribution in [3.8, 4) is 11.5 Å². The fourth-order valence-electron chi connectivity index (χ4n) is 3.22. The van der Waals surface area contributed by atoms with Gasteiger partial charge in [0.2, 0.25) is 5.76 Å². The summed E-state index contributed by atoms with van der Waals surface area (Å²) in [6.07, 6.45) is 2.89. The van der Waals surface area contributed by atoms with E-state index in [0.717, 1.165) is 11.3 Å². The molecule has 0 unspecified atom stereocenters. The van der Waals surface area contributed by atoms with Gasteiger partial charge in [0, 0.05) is 12.1 Å². The molecular formula is C23H19N3O5. The Morgan fingerprint density at radius 2 is 1.97 bits per heavy atom. The van der Waals surface area contributed by atoms with Crippen LogP contribution >= 0.6 is 0 Å². The monoisotopic (exact) mass is 417 g/mol. The molecule has 0 saturated heterocycles. The molecule has 8 nitrogen and oxygen atoms in total. The van der Waals surface area contributed by atoms with E-state index in [-0.39, 0.29) is 17.4 Å². The maximum absolute atomic E-state index is 12.6. The van der Waals surface area contributed by atoms with Crippen LogP contribution in [0.5, 0.6) is 11.5 Å². The minimum Gasteiger partial charge on any atom is -0.493 e. The molecule has 0 N–H and O–H groups in total. The van der Waals surface area contributed by atoms with E-state index in [1.54, 1.807) is 29.2 Å². The molecule has 0 bridgehead atoms. The summed E-state index contributed by atoms with van der Waals surface area (Å²) < 4.78 is 15.7. The molecule has 0 spiro atoms. The first-order valence-corrected chi connectivity index (χ1v) is 9.58. The van der Waals surface area contributed by atoms with Crippen molar-refractivity contribution in [3.63, 3.8) is 0 Å². The zero-order valence-electron chi connectivity index (χ0n) is 16.9. The number of carbonyl (C=O) groups excluding carboxylic acids is 2. The van der Waals surface area contributed by atoms with Gasteiger partial charge in [-0.1, -0.05) is 18.2 Å². The van der Waals surface area contributed by atoms with Crippen molar-refractivity contribution in [1.82, 2.24) is 0 Å². The van der Waals surface area contributed by atoms with Crippen LogP contribution in [0.4, 0.5) is 5.69 Å². The first-order chi connectivity index (χ1) is 15.1. The number of hydrogen-bond acceptors (Lipinski definition) is 7. The van der Waals surface area contributed by atoms with Crippen LogP contribution in [-0.2, 0) is 4.79 Å². The topological polar surface area (TPSA) is 93.7 Å². The number of hydrogen-bond donors (Lipinski definition) is 0. The highest BCUT2D eigenvalue weighted by Gasteiger charge is 2.32. The summed E-state index contributed by atoms with van der Waals surface area (Å²) in [5, 5.41) is 8.24. The SMILES string of the molecule is CCN1C(=O)/C(=N/N=C\c2ccc(OC(=O)c3ccco3)c(OC)c2)c2ccccc21. The van der Waals surface area contributed by atoms with Crippen LogP contribution in [0.3, 0.4) is 0 Å². The number of furan rings is 1. The summed E-state index contributed by atoms with van der Waals surface area (Å²) in [5.41, 5.74) is 2.53. The molecule has 31 heavy (non-hydrogen) atoms. The van der Waals surface area contributed by atoms with Crippen molar-refractivity contribution in [3.05, 3.63) is 77.7 Å². The molecule has 1 aliphatic rings. The van der Waals surface area contributed by atoms with E-state index in [1.807, 2.05) is 31.2 Å². The summed E-state index contributed by atoms with van der Waals surface area (Å²) in [5.74, 6) is -0.137. The summed E-state index contributed by atoms with van der Waals surface area (Å²) in [7, 11) is 1.47. The Morgan fingerprint density at radius 1 is 1.13 bits per heavy atom. The molecule has 1 aliphatic heterocycles. The van der Waals surface area contributed by atoms with Gasteiger partial charge in [0.05, 0.1) is 25.3 Å². The number of carbonyl (C=O) groups is 2. The van der Waals surface area contributed by atoms with E-state index < -0.39 is 5.97 Å². The van der Waals surface area contributed by atoms with E-state index in [0.29, 0.717) is 23.6 Å². The van der Waals surface area contributed by atoms with E-state index in [9.17, 15) is 9.59 Å². The molecule has 3 aromatic rings. The van der Waals surface area contributed by atoms with Gasteiger partial charge in [-0.05, 0) is 48.9 Å². The number of ether oxygens (including phenoxy) is 2. The highest BCUT2D eigenvalue weighted by molar-refractivity contribution is 6.54. The minimum atomic E-state index is -0.630. The van der Waals surface area contributed by atoms with Crippen molar-refractivity contribution < 1.29 is 23.5 Å². The Labute approximate surface area is 178 Å². The number of fused-ring (bicyclic) bond motifs is 1. The number of benzene rings is 2. The molecule has 4 rings (SSSR count). The van der Waals surface area contributed by atoms with Crippen molar-refractivity contribution in [2.75, 3.05) is 18.6 Å². The second-order valence-electron chi connectivity index (χ2n) is 6.54. The van der Waals surface area contributed by atoms with Crippen LogP contribution in [0, 0.1) is 0 Å². The Morgan fingerprint density at radius 3 is 2.71 bits per heavy atom. The molecule has 1 aromatic heterocycles. The van der Waals surface area contributed by atoms with E-state index in [2.05, 4.69) is 10.2 Å². The van der Waals surface area contributed by atoms with E-state index >= 15 is 0 Å². The maximum Gasteiger partial charge on any atom is 0.379 e. The van der Waals surface area contributed by atoms with Crippen LogP contribution in [0.1, 0.15) is 28.6 Å². The summed E-state index contributed by atoms with van der Waals surface area (Å²) in [6, 6.07) is 15.5. The molecule has 8 heteroatoms. The standard InChI is InChI=1S/C23H19N3O5/c1-3-26-17-8-5-4-7-16(17)21(22(26)27)25-24-14-15-10-11-18(20(13-15)29-2)31-23(28)19-9-6-12-30-19/h4-14H,3H2,1-2H3/b24-14-,25-21+. The lowest BCUT2D eigenvalue weighted by Crippen LogP contribution is -2.29. The molecule has 156 valence electrons. The number of anilines is 1. The molecule has 0 saturated carbocycles. The van der Waals surface area contributed by atoms with Gasteiger partial charge in [0.25, 0.3) is 5.91 Å². The highest BCUT2D eigenvalue weighted by atomic mass is 16.6. The fraction of sp³-hybridized carbons (Fsp3) is 0.130. The van der Waals surface area contributed by atoms with Gasteiger partial charge in [-0.25, -0.2) is 4.79 Å². The molecule has 2 aromatic carbocycles. The predicted molar refractivity (Wildman–Crippen MR) is 115 cm³/mol. The van der Waals surface area contributed by atoms with Gasteiger partial charge in [0.1, 0.15) is 0 Å². The van der Waals surface area contributed by atoms with Gasteiger partial charge >= 0.3 is 5.97 Å². The van der Waals surface area contributed by atoms with Crippen LogP contribution in [0.25, 0.3) is 0 Å². The molecule has 0 radical (unpaired) electrons. The Bertz CT molecular complexity index is 1180. The first kappa shape index (κ1) is 20.1. The Balaban J connectivity index is 1.54. The summed E-state index contributed by atoms with van der Waals surface area (Å²) in [4.78, 5) is 26.4. The molecule has 1 amide bonds. The Hall–Kier alpha value is -4.20. The van der Waals surface area contributed by atoms with Gasteiger partial charge in [-0.15, -0.1) is 5.10 Å². The Kier molecular flexibility index (Phi) is 5.61. The number of likely N-dealkylation sites (N-methyl/N-ethyl adjacent to an activating group) is 1. The minimum absolute atomic E-state index is 0.0890. The lowest BCUT2D eigenvalue weighted by atomic mass is 10.1. The molecule has 0 fully saturated rings. The van der Waals surface area contributed by atoms with Crippen molar-refractivity contribution in [2.45, 2.75) is 6.92 Å². The number of esters is 1. The third-order valence-electron chi connectivity index (χ3n) is 4.69. The van der Waals surface area contributed by atoms with Crippen LogP contribution in [0.2, 0.25) is 0 Å². The number of methoxy groups -OCH3 is 1. The second kappa shape index (κ2) is 8.66. The molecule has 2 heterocycles. The van der Waals surface area contributed by atoms with Gasteiger partial charge in [-0.2, -0.15) is 5.10 Å². The van der Waals surface area contributed by atoms with Crippen molar-refractivity contribution >= 4 is 29.5 Å². The van der Waals surface area contributed by atoms with Crippen LogP contribution in [0.15, 0.2) is 75.5 Å². The van der Waals surface area contributed by atoms with E-state index in [1.165, 1.54) is 25.7 Å². The number of para-hydroxylation sites is 1. The number of nitrogens with zero attached hydrogens (tertiary/aromatic N) is 3. The first-order valence-electron chi connectivity index (χ1n) is 9.58. The average molecular weight is 417 g/mol. The lowest BCUT2D eigenvalue weighted by molar-refractivity contribution is -0.112. The second-order valence-corrected chi connectivity index (χ2v) is 6.54. The quantitative estimate of drug-likeness (QED) is 0.264. The highest BCUT2D eigenvalue weighted by Crippen LogP contribution is 2.30. The normalized spacial score (nSPS) is 14.3. The lowest BCUT2D eigenvalue weighted by Gasteiger charge is -2.12. The van der Waals surface area contributed by atoms with Gasteiger partial charge in [-0.3, -0.25) is 4.79 Å². The average Bonchev–Trinajstić information content (AvgIpc) is 3.41. The third kappa shape index (κ3) is 3.95. The molecule has 0 aliphatic carbocycles. The molecule has 0 atom stereocenters. The summed E-state index contributed by atoms with van der Waals surface area (Å²) >= 11 is 0. The van der Waals surface area contributed by atoms with E-state index in [4.69, 9.17) is 13.9 Å². The number of amides is 1. The van der Waals surface area contributed by atoms with Crippen LogP contribution < -0.4 is 14.4 Å². The number of rotatable bonds is 6. The molecular weight excluding hydrogens is 398 g/mol. The third-order valence-corrected chi connectivity index (χ3v) is 4.69. The zero-order valence-corrected chi connectivity index (χ0v) is 16.9. The maximum atomic E-state index is 12.6. The summed E-state index contributed by atoms with van der Waals surface area (Å²) in [6.45, 7) is 2.46. The van der Waals surface area contributed by atoms with Gasteiger partial charge in [0.15, 0.2) is 17.2 Å². The largest absolute Gasteiger partial charge is 0.493 e. The zero-order chi connectivity index (χ0) is 21.8. The van der Waals surface area contributed by atoms with Crippen molar-refractivity contribution in [2.24, 2.45) is 10.2 Å². The van der Waals surface area contributed by atoms with Crippen LogP contribution in [-0.4, -0.2) is 37.5 Å². The smallest absolute Gasteiger partial charge is 0.379 e.